The Hall–Kier alpha value is -1.44. The molecule has 7 heteroatoms. The van der Waals surface area contributed by atoms with Gasteiger partial charge < -0.3 is 9.53 Å². The van der Waals surface area contributed by atoms with Crippen LogP contribution < -0.4 is 0 Å². The van der Waals surface area contributed by atoms with Gasteiger partial charge in [-0.25, -0.2) is 4.89 Å². The van der Waals surface area contributed by atoms with E-state index in [-0.39, 0.29) is 12.0 Å². The molecule has 0 aliphatic carbocycles. The molecule has 1 heterocycles. The number of hydrogen-bond donors (Lipinski definition) is 0. The molecule has 0 bridgehead atoms. The number of rotatable bonds is 7. The lowest BCUT2D eigenvalue weighted by Gasteiger charge is -2.27. The maximum absolute atomic E-state index is 13.4. The molecule has 1 aromatic rings. The van der Waals surface area contributed by atoms with Crippen LogP contribution in [0.15, 0.2) is 30.3 Å². The van der Waals surface area contributed by atoms with Gasteiger partial charge in [0.1, 0.15) is 6.29 Å². The second-order valence-electron chi connectivity index (χ2n) is 5.01. The summed E-state index contributed by atoms with van der Waals surface area (Å²) in [4.78, 5) is 19.5. The van der Waals surface area contributed by atoms with E-state index in [0.717, 1.165) is 6.29 Å². The second kappa shape index (κ2) is 7.21. The summed E-state index contributed by atoms with van der Waals surface area (Å²) >= 11 is 0. The fraction of sp³-hybridized carbons (Fsp3) is 0.533. The number of carbonyl (C=O) groups excluding carboxylic acids is 1. The lowest BCUT2D eigenvalue weighted by molar-refractivity contribution is -0.419. The van der Waals surface area contributed by atoms with E-state index in [1.807, 2.05) is 0 Å². The van der Waals surface area contributed by atoms with Crippen LogP contribution in [0.2, 0.25) is 0 Å². The maximum Gasteiger partial charge on any atom is 0.451 e. The Kier molecular flexibility index (Phi) is 5.55. The van der Waals surface area contributed by atoms with Crippen LogP contribution in [0, 0.1) is 0 Å². The first-order valence-electron chi connectivity index (χ1n) is 7.08. The number of hydrogen-bond acceptors (Lipinski definition) is 4. The van der Waals surface area contributed by atoms with Crippen molar-refractivity contribution in [2.24, 2.45) is 0 Å². The number of benzene rings is 1. The zero-order valence-electron chi connectivity index (χ0n) is 11.8. The number of aldehydes is 1. The molecule has 1 aliphatic rings. The highest BCUT2D eigenvalue weighted by Crippen LogP contribution is 2.48. The molecule has 0 radical (unpaired) electrons. The molecule has 1 saturated heterocycles. The number of alkyl halides is 3. The lowest BCUT2D eigenvalue weighted by Crippen LogP contribution is -2.43. The van der Waals surface area contributed by atoms with Crippen LogP contribution in [0.3, 0.4) is 0 Å². The van der Waals surface area contributed by atoms with Crippen molar-refractivity contribution in [3.05, 3.63) is 35.9 Å². The van der Waals surface area contributed by atoms with Crippen LogP contribution >= 0.6 is 0 Å². The normalized spacial score (nSPS) is 25.3. The average Bonchev–Trinajstić information content (AvgIpc) is 2.93. The van der Waals surface area contributed by atoms with E-state index in [2.05, 4.69) is 4.89 Å². The maximum atomic E-state index is 13.4. The van der Waals surface area contributed by atoms with E-state index in [9.17, 15) is 18.0 Å². The summed E-state index contributed by atoms with van der Waals surface area (Å²) < 4.78 is 45.3. The molecule has 122 valence electrons. The van der Waals surface area contributed by atoms with Crippen molar-refractivity contribution in [1.29, 1.82) is 0 Å². The monoisotopic (exact) mass is 318 g/mol. The van der Waals surface area contributed by atoms with Gasteiger partial charge in [-0.1, -0.05) is 36.8 Å². The fourth-order valence-corrected chi connectivity index (χ4v) is 2.22. The Morgan fingerprint density at radius 3 is 2.50 bits per heavy atom. The van der Waals surface area contributed by atoms with Crippen molar-refractivity contribution in [2.45, 2.75) is 50.4 Å². The predicted molar refractivity (Wildman–Crippen MR) is 70.4 cm³/mol. The second-order valence-corrected chi connectivity index (χ2v) is 5.01. The molecule has 0 amide bonds. The van der Waals surface area contributed by atoms with Crippen molar-refractivity contribution >= 4 is 6.29 Å². The summed E-state index contributed by atoms with van der Waals surface area (Å²) in [6, 6.07) is 7.12. The van der Waals surface area contributed by atoms with Gasteiger partial charge in [-0.05, 0) is 12.8 Å². The number of ether oxygens (including phenoxy) is 1. The summed E-state index contributed by atoms with van der Waals surface area (Å²) in [5.74, 6) is -2.89. The van der Waals surface area contributed by atoms with E-state index < -0.39 is 18.3 Å². The molecule has 1 aromatic carbocycles. The molecule has 0 spiro atoms. The van der Waals surface area contributed by atoms with Gasteiger partial charge in [0, 0.05) is 18.4 Å². The third-order valence-corrected chi connectivity index (χ3v) is 3.36. The van der Waals surface area contributed by atoms with Gasteiger partial charge in [0.2, 0.25) is 0 Å². The number of halogens is 3. The van der Waals surface area contributed by atoms with Crippen LogP contribution in [0.1, 0.15) is 37.7 Å². The molecule has 22 heavy (non-hydrogen) atoms. The third-order valence-electron chi connectivity index (χ3n) is 3.36. The van der Waals surface area contributed by atoms with Crippen molar-refractivity contribution in [3.63, 3.8) is 0 Å². The summed E-state index contributed by atoms with van der Waals surface area (Å²) in [6.07, 6.45) is -2.32. The Morgan fingerprint density at radius 1 is 1.14 bits per heavy atom. The third kappa shape index (κ3) is 3.66. The van der Waals surface area contributed by atoms with Crippen molar-refractivity contribution in [1.82, 2.24) is 0 Å². The minimum absolute atomic E-state index is 0.161. The molecule has 1 fully saturated rings. The Balaban J connectivity index is 2.00. The average molecular weight is 318 g/mol. The van der Waals surface area contributed by atoms with Crippen LogP contribution in [0.4, 0.5) is 13.2 Å². The number of carbonyl (C=O) groups is 1. The standard InChI is InChI=1S/C15H17F3O4/c16-15(17,18)14(12-8-4-3-5-9-12)20-13(21-22-14)10-6-1-2-7-11-19/h3-5,8-9,11,13H,1-2,6-7,10H2. The van der Waals surface area contributed by atoms with Crippen LogP contribution in [-0.4, -0.2) is 18.8 Å². The quantitative estimate of drug-likeness (QED) is 0.435. The SMILES string of the molecule is O=CCCCCCC1OOC(c2ccccc2)(C(F)(F)F)O1. The molecule has 1 aliphatic heterocycles. The van der Waals surface area contributed by atoms with E-state index in [0.29, 0.717) is 25.7 Å². The molecular weight excluding hydrogens is 301 g/mol. The van der Waals surface area contributed by atoms with Gasteiger partial charge in [0.25, 0.3) is 0 Å². The Labute approximate surface area is 126 Å². The van der Waals surface area contributed by atoms with Crippen molar-refractivity contribution in [2.75, 3.05) is 0 Å². The zero-order chi connectivity index (χ0) is 16.1. The molecule has 0 saturated carbocycles. The molecule has 2 rings (SSSR count). The highest BCUT2D eigenvalue weighted by atomic mass is 19.4. The summed E-state index contributed by atoms with van der Waals surface area (Å²) in [6.45, 7) is 0. The molecule has 0 aromatic heterocycles. The fourth-order valence-electron chi connectivity index (χ4n) is 2.22. The largest absolute Gasteiger partial charge is 0.451 e. The van der Waals surface area contributed by atoms with Crippen molar-refractivity contribution < 1.29 is 32.5 Å². The molecule has 0 N–H and O–H groups in total. The first-order valence-corrected chi connectivity index (χ1v) is 7.08. The highest BCUT2D eigenvalue weighted by Gasteiger charge is 2.65. The molecule has 4 nitrogen and oxygen atoms in total. The van der Waals surface area contributed by atoms with Gasteiger partial charge in [-0.15, -0.1) is 0 Å². The van der Waals surface area contributed by atoms with Crippen LogP contribution in [0.25, 0.3) is 0 Å². The van der Waals surface area contributed by atoms with Gasteiger partial charge >= 0.3 is 12.0 Å². The molecule has 2 atom stereocenters. The summed E-state index contributed by atoms with van der Waals surface area (Å²) in [5, 5.41) is 0. The van der Waals surface area contributed by atoms with Gasteiger partial charge in [0.05, 0.1) is 0 Å². The van der Waals surface area contributed by atoms with Gasteiger partial charge in [-0.3, -0.25) is 0 Å². The number of unbranched alkanes of at least 4 members (excludes halogenated alkanes) is 3. The minimum Gasteiger partial charge on any atom is -0.304 e. The van der Waals surface area contributed by atoms with E-state index in [1.54, 1.807) is 6.07 Å². The Morgan fingerprint density at radius 2 is 1.86 bits per heavy atom. The lowest BCUT2D eigenvalue weighted by atomic mass is 10.1. The highest BCUT2D eigenvalue weighted by molar-refractivity contribution is 5.48. The zero-order valence-corrected chi connectivity index (χ0v) is 11.8. The van der Waals surface area contributed by atoms with Crippen LogP contribution in [-0.2, 0) is 25.1 Å². The Bertz CT molecular complexity index is 477. The summed E-state index contributed by atoms with van der Waals surface area (Å²) in [5.41, 5.74) is -0.161. The van der Waals surface area contributed by atoms with E-state index in [4.69, 9.17) is 9.62 Å². The van der Waals surface area contributed by atoms with Gasteiger partial charge in [0.15, 0.2) is 6.29 Å². The topological polar surface area (TPSA) is 44.8 Å². The van der Waals surface area contributed by atoms with Gasteiger partial charge in [-0.2, -0.15) is 18.1 Å². The smallest absolute Gasteiger partial charge is 0.304 e. The van der Waals surface area contributed by atoms with E-state index >= 15 is 0 Å². The van der Waals surface area contributed by atoms with Crippen molar-refractivity contribution in [3.8, 4) is 0 Å². The molecular formula is C15H17F3O4. The summed E-state index contributed by atoms with van der Waals surface area (Å²) in [7, 11) is 0. The van der Waals surface area contributed by atoms with E-state index in [1.165, 1.54) is 24.3 Å². The molecule has 2 unspecified atom stereocenters. The predicted octanol–water partition coefficient (Wildman–Crippen LogP) is 3.86. The van der Waals surface area contributed by atoms with Crippen LogP contribution in [0.5, 0.6) is 0 Å². The minimum atomic E-state index is -4.76. The first-order chi connectivity index (χ1) is 10.5. The first kappa shape index (κ1) is 16.9.